The van der Waals surface area contributed by atoms with E-state index in [2.05, 4.69) is 24.5 Å². The fourth-order valence-corrected chi connectivity index (χ4v) is 4.70. The minimum absolute atomic E-state index is 0.0298. The van der Waals surface area contributed by atoms with Crippen LogP contribution in [0.3, 0.4) is 0 Å². The zero-order valence-electron chi connectivity index (χ0n) is 20.9. The number of ether oxygens (including phenoxy) is 1. The van der Waals surface area contributed by atoms with E-state index in [1.54, 1.807) is 12.1 Å². The van der Waals surface area contributed by atoms with E-state index < -0.39 is 12.1 Å². The van der Waals surface area contributed by atoms with Crippen LogP contribution in [0.15, 0.2) is 42.5 Å². The summed E-state index contributed by atoms with van der Waals surface area (Å²) in [4.78, 5) is 42.9. The van der Waals surface area contributed by atoms with Crippen molar-refractivity contribution < 1.29 is 19.1 Å². The van der Waals surface area contributed by atoms with Crippen LogP contribution in [-0.2, 0) is 9.59 Å². The number of urea groups is 1. The maximum absolute atomic E-state index is 13.6. The van der Waals surface area contributed by atoms with Gasteiger partial charge in [-0.05, 0) is 67.5 Å². The van der Waals surface area contributed by atoms with Gasteiger partial charge >= 0.3 is 6.03 Å². The lowest BCUT2D eigenvalue weighted by atomic mass is 9.84. The lowest BCUT2D eigenvalue weighted by molar-refractivity contribution is -0.134. The molecule has 0 aromatic heterocycles. The van der Waals surface area contributed by atoms with Crippen LogP contribution in [0.2, 0.25) is 0 Å². The maximum Gasteiger partial charge on any atom is 0.320 e. The van der Waals surface area contributed by atoms with Crippen LogP contribution >= 0.6 is 0 Å². The number of aryl methyl sites for hydroxylation is 2. The third kappa shape index (κ3) is 5.93. The van der Waals surface area contributed by atoms with Crippen molar-refractivity contribution in [2.24, 2.45) is 5.41 Å². The molecule has 0 unspecified atom stereocenters. The van der Waals surface area contributed by atoms with Crippen LogP contribution in [0.1, 0.15) is 37.8 Å². The minimum atomic E-state index is -0.946. The lowest BCUT2D eigenvalue weighted by Crippen LogP contribution is -2.54. The van der Waals surface area contributed by atoms with E-state index in [1.807, 2.05) is 49.1 Å². The van der Waals surface area contributed by atoms with Gasteiger partial charge in [0.1, 0.15) is 24.9 Å². The van der Waals surface area contributed by atoms with Crippen LogP contribution in [0.5, 0.6) is 5.75 Å². The molecule has 8 nitrogen and oxygen atoms in total. The molecule has 2 aliphatic rings. The number of benzene rings is 2. The van der Waals surface area contributed by atoms with Crippen molar-refractivity contribution in [3.8, 4) is 5.75 Å². The standard InChI is InChI=1S/C27H34N4O4/c1-18-7-5-8-20(13-18)28-26(34)29-21-16-35-23-14-19(2)9-10-22(23)31(25(21)33)15-24(32)30-12-6-11-27(3,4)17-30/h5,7-10,13-14,21H,6,11-12,15-17H2,1-4H3,(H2,28,29,34)/t21-/m1/s1. The second-order valence-electron chi connectivity index (χ2n) is 10.3. The van der Waals surface area contributed by atoms with Crippen molar-refractivity contribution in [1.29, 1.82) is 0 Å². The number of fused-ring (bicyclic) bond motifs is 1. The summed E-state index contributed by atoms with van der Waals surface area (Å²) in [6.45, 7) is 9.39. The Morgan fingerprint density at radius 3 is 2.63 bits per heavy atom. The van der Waals surface area contributed by atoms with E-state index in [4.69, 9.17) is 4.74 Å². The minimum Gasteiger partial charge on any atom is -0.489 e. The molecule has 1 atom stereocenters. The molecule has 2 heterocycles. The molecule has 186 valence electrons. The molecule has 2 aromatic rings. The monoisotopic (exact) mass is 478 g/mol. The normalized spacial score (nSPS) is 19.3. The van der Waals surface area contributed by atoms with Crippen molar-refractivity contribution in [3.05, 3.63) is 53.6 Å². The van der Waals surface area contributed by atoms with Gasteiger partial charge in [-0.25, -0.2) is 4.79 Å². The zero-order chi connectivity index (χ0) is 25.2. The van der Waals surface area contributed by atoms with E-state index in [-0.39, 0.29) is 30.4 Å². The average Bonchev–Trinajstić information content (AvgIpc) is 2.90. The first-order valence-electron chi connectivity index (χ1n) is 12.1. The smallest absolute Gasteiger partial charge is 0.320 e. The molecule has 0 spiro atoms. The number of hydrogen-bond acceptors (Lipinski definition) is 4. The SMILES string of the molecule is Cc1cccc(NC(=O)N[C@@H]2COc3cc(C)ccc3N(CC(=O)N3CCCC(C)(C)C3)C2=O)c1. The van der Waals surface area contributed by atoms with Gasteiger partial charge in [0, 0.05) is 18.8 Å². The summed E-state index contributed by atoms with van der Waals surface area (Å²) in [5.74, 6) is 0.0349. The summed E-state index contributed by atoms with van der Waals surface area (Å²) in [5.41, 5.74) is 3.20. The van der Waals surface area contributed by atoms with Gasteiger partial charge in [0.25, 0.3) is 5.91 Å². The van der Waals surface area contributed by atoms with Crippen LogP contribution in [0.25, 0.3) is 0 Å². The Morgan fingerprint density at radius 1 is 1.11 bits per heavy atom. The van der Waals surface area contributed by atoms with Crippen LogP contribution < -0.4 is 20.3 Å². The second-order valence-corrected chi connectivity index (χ2v) is 10.3. The molecule has 2 N–H and O–H groups in total. The summed E-state index contributed by atoms with van der Waals surface area (Å²) in [5, 5.41) is 5.50. The zero-order valence-corrected chi connectivity index (χ0v) is 20.9. The number of rotatable bonds is 4. The van der Waals surface area contributed by atoms with Gasteiger partial charge in [-0.1, -0.05) is 32.0 Å². The molecule has 0 radical (unpaired) electrons. The Bertz CT molecular complexity index is 1130. The summed E-state index contributed by atoms with van der Waals surface area (Å²) < 4.78 is 5.94. The summed E-state index contributed by atoms with van der Waals surface area (Å²) in [6.07, 6.45) is 2.01. The van der Waals surface area contributed by atoms with Crippen LogP contribution in [-0.4, -0.2) is 55.0 Å². The Balaban J connectivity index is 1.53. The van der Waals surface area contributed by atoms with Gasteiger partial charge in [-0.3, -0.25) is 14.5 Å². The highest BCUT2D eigenvalue weighted by Crippen LogP contribution is 2.33. The number of piperidine rings is 1. The molecular formula is C27H34N4O4. The number of nitrogens with one attached hydrogen (secondary N) is 2. The van der Waals surface area contributed by atoms with E-state index in [0.717, 1.165) is 24.0 Å². The Labute approximate surface area is 206 Å². The number of likely N-dealkylation sites (tertiary alicyclic amines) is 1. The van der Waals surface area contributed by atoms with Gasteiger partial charge in [0.05, 0.1) is 5.69 Å². The third-order valence-electron chi connectivity index (χ3n) is 6.50. The van der Waals surface area contributed by atoms with Gasteiger partial charge in [-0.2, -0.15) is 0 Å². The van der Waals surface area contributed by atoms with Gasteiger partial charge in [-0.15, -0.1) is 0 Å². The van der Waals surface area contributed by atoms with Gasteiger partial charge in [0.15, 0.2) is 0 Å². The van der Waals surface area contributed by atoms with E-state index in [0.29, 0.717) is 30.2 Å². The van der Waals surface area contributed by atoms with Crippen molar-refractivity contribution in [3.63, 3.8) is 0 Å². The predicted molar refractivity (Wildman–Crippen MR) is 136 cm³/mol. The molecule has 2 aromatic carbocycles. The van der Waals surface area contributed by atoms with Crippen molar-refractivity contribution in [2.75, 3.05) is 36.5 Å². The fraction of sp³-hybridized carbons (Fsp3) is 0.444. The molecule has 1 fully saturated rings. The summed E-state index contributed by atoms with van der Waals surface area (Å²) in [6, 6.07) is 11.5. The molecular weight excluding hydrogens is 444 g/mol. The van der Waals surface area contributed by atoms with Crippen LogP contribution in [0, 0.1) is 19.3 Å². The molecule has 4 amide bonds. The average molecular weight is 479 g/mol. The maximum atomic E-state index is 13.6. The fourth-order valence-electron chi connectivity index (χ4n) is 4.70. The number of carbonyl (C=O) groups is 3. The quantitative estimate of drug-likeness (QED) is 0.698. The molecule has 8 heteroatoms. The molecule has 0 bridgehead atoms. The number of amides is 4. The first-order valence-corrected chi connectivity index (χ1v) is 12.1. The van der Waals surface area contributed by atoms with Gasteiger partial charge < -0.3 is 20.3 Å². The summed E-state index contributed by atoms with van der Waals surface area (Å²) >= 11 is 0. The number of hydrogen-bond donors (Lipinski definition) is 2. The Kier molecular flexibility index (Phi) is 7.00. The molecule has 2 aliphatic heterocycles. The predicted octanol–water partition coefficient (Wildman–Crippen LogP) is 3.87. The highest BCUT2D eigenvalue weighted by molar-refractivity contribution is 6.05. The van der Waals surface area contributed by atoms with E-state index in [1.165, 1.54) is 4.90 Å². The van der Waals surface area contributed by atoms with Crippen LogP contribution in [0.4, 0.5) is 16.2 Å². The lowest BCUT2D eigenvalue weighted by Gasteiger charge is -2.39. The first-order chi connectivity index (χ1) is 16.6. The highest BCUT2D eigenvalue weighted by atomic mass is 16.5. The molecule has 0 saturated carbocycles. The first kappa shape index (κ1) is 24.6. The number of nitrogens with zero attached hydrogens (tertiary/aromatic N) is 2. The van der Waals surface area contributed by atoms with Crippen molar-refractivity contribution in [2.45, 2.75) is 46.6 Å². The topological polar surface area (TPSA) is 91.0 Å². The molecule has 1 saturated heterocycles. The van der Waals surface area contributed by atoms with Crippen molar-refractivity contribution >= 4 is 29.2 Å². The van der Waals surface area contributed by atoms with Crippen molar-refractivity contribution in [1.82, 2.24) is 10.2 Å². The molecule has 4 rings (SSSR count). The second kappa shape index (κ2) is 9.98. The van der Waals surface area contributed by atoms with E-state index in [9.17, 15) is 14.4 Å². The summed E-state index contributed by atoms with van der Waals surface area (Å²) in [7, 11) is 0. The molecule has 0 aliphatic carbocycles. The number of anilines is 2. The Morgan fingerprint density at radius 2 is 1.89 bits per heavy atom. The molecule has 35 heavy (non-hydrogen) atoms. The third-order valence-corrected chi connectivity index (χ3v) is 6.50. The highest BCUT2D eigenvalue weighted by Gasteiger charge is 2.36. The van der Waals surface area contributed by atoms with E-state index >= 15 is 0 Å². The Hall–Kier alpha value is -3.55. The van der Waals surface area contributed by atoms with Gasteiger partial charge in [0.2, 0.25) is 5.91 Å². The number of carbonyl (C=O) groups excluding carboxylic acids is 3. The largest absolute Gasteiger partial charge is 0.489 e.